The highest BCUT2D eigenvalue weighted by Gasteiger charge is 2.74. The van der Waals surface area contributed by atoms with Crippen LogP contribution in [0.1, 0.15) is 40.0 Å². The third-order valence-corrected chi connectivity index (χ3v) is 6.04. The Morgan fingerprint density at radius 2 is 2.00 bits per heavy atom. The van der Waals surface area contributed by atoms with E-state index in [9.17, 15) is 20.1 Å². The Kier molecular flexibility index (Phi) is 2.36. The average molecular weight is 266 g/mol. The molecule has 3 aliphatic rings. The summed E-state index contributed by atoms with van der Waals surface area (Å²) in [6.45, 7) is 6.00. The number of carboxylic acids is 1. The molecule has 2 fully saturated rings. The molecule has 0 amide bonds. The Morgan fingerprint density at radius 3 is 2.58 bits per heavy atom. The smallest absolute Gasteiger partial charge is 0.331 e. The maximum Gasteiger partial charge on any atom is 0.331 e. The van der Waals surface area contributed by atoms with Gasteiger partial charge < -0.3 is 15.3 Å². The Morgan fingerprint density at radius 1 is 1.37 bits per heavy atom. The first-order valence-corrected chi connectivity index (χ1v) is 7.03. The van der Waals surface area contributed by atoms with Crippen LogP contribution in [0.3, 0.4) is 0 Å². The molecular formula is C15H22O4. The van der Waals surface area contributed by atoms with E-state index in [1.807, 2.05) is 13.8 Å². The van der Waals surface area contributed by atoms with Gasteiger partial charge in [-0.2, -0.15) is 0 Å². The van der Waals surface area contributed by atoms with E-state index in [4.69, 9.17) is 0 Å². The van der Waals surface area contributed by atoms with Crippen molar-refractivity contribution >= 4 is 5.97 Å². The number of carbonyl (C=O) groups is 1. The molecule has 0 bridgehead atoms. The molecule has 0 saturated heterocycles. The summed E-state index contributed by atoms with van der Waals surface area (Å²) >= 11 is 0. The SMILES string of the molecule is C[C@@H]1CC[C@@H]2C(C(=O)O)=C[C@]3(O)[C@H](O)C(C)(C)C[C@]123. The van der Waals surface area contributed by atoms with Crippen molar-refractivity contribution in [2.45, 2.75) is 51.7 Å². The zero-order valence-electron chi connectivity index (χ0n) is 11.7. The third kappa shape index (κ3) is 1.24. The molecule has 0 aliphatic heterocycles. The molecule has 5 atom stereocenters. The van der Waals surface area contributed by atoms with E-state index >= 15 is 0 Å². The second-order valence-electron chi connectivity index (χ2n) is 7.37. The van der Waals surface area contributed by atoms with E-state index < -0.39 is 23.1 Å². The quantitative estimate of drug-likeness (QED) is 0.673. The van der Waals surface area contributed by atoms with E-state index in [1.54, 1.807) is 0 Å². The van der Waals surface area contributed by atoms with Crippen LogP contribution in [0, 0.1) is 22.7 Å². The van der Waals surface area contributed by atoms with E-state index in [-0.39, 0.29) is 17.3 Å². The molecule has 0 aromatic carbocycles. The van der Waals surface area contributed by atoms with Gasteiger partial charge in [-0.3, -0.25) is 0 Å². The van der Waals surface area contributed by atoms with Gasteiger partial charge in [0.15, 0.2) is 0 Å². The van der Waals surface area contributed by atoms with Crippen LogP contribution < -0.4 is 0 Å². The standard InChI is InChI=1S/C15H22O4/c1-8-4-5-10-9(11(16)17)6-15(19)12(18)13(2,3)7-14(8,10)15/h6,8,10,12,18-19H,4-5,7H2,1-3H3,(H,16,17)/t8-,10-,12-,14+,15+/m1/s1. The molecule has 0 aromatic heterocycles. The van der Waals surface area contributed by atoms with Crippen molar-refractivity contribution in [1.82, 2.24) is 0 Å². The normalized spacial score (nSPS) is 50.8. The molecule has 1 spiro atoms. The summed E-state index contributed by atoms with van der Waals surface area (Å²) in [5.41, 5.74) is -1.96. The summed E-state index contributed by atoms with van der Waals surface area (Å²) in [6.07, 6.45) is 2.94. The van der Waals surface area contributed by atoms with E-state index in [0.29, 0.717) is 12.0 Å². The van der Waals surface area contributed by atoms with Crippen molar-refractivity contribution in [1.29, 1.82) is 0 Å². The van der Waals surface area contributed by atoms with Crippen molar-refractivity contribution in [3.05, 3.63) is 11.6 Å². The molecule has 3 N–H and O–H groups in total. The van der Waals surface area contributed by atoms with Gasteiger partial charge in [-0.05, 0) is 42.6 Å². The molecule has 4 heteroatoms. The number of rotatable bonds is 1. The lowest BCUT2D eigenvalue weighted by atomic mass is 9.65. The fourth-order valence-electron chi connectivity index (χ4n) is 5.28. The molecule has 4 nitrogen and oxygen atoms in total. The predicted molar refractivity (Wildman–Crippen MR) is 69.4 cm³/mol. The number of hydrogen-bond donors (Lipinski definition) is 3. The van der Waals surface area contributed by atoms with Crippen molar-refractivity contribution in [3.63, 3.8) is 0 Å². The maximum absolute atomic E-state index is 11.4. The first-order chi connectivity index (χ1) is 8.67. The van der Waals surface area contributed by atoms with Crippen molar-refractivity contribution in [2.75, 3.05) is 0 Å². The molecule has 0 unspecified atom stereocenters. The molecule has 19 heavy (non-hydrogen) atoms. The average Bonchev–Trinajstić information content (AvgIpc) is 2.79. The van der Waals surface area contributed by atoms with Crippen LogP contribution >= 0.6 is 0 Å². The largest absolute Gasteiger partial charge is 0.478 e. The summed E-state index contributed by atoms with van der Waals surface area (Å²) < 4.78 is 0. The Labute approximate surface area is 113 Å². The van der Waals surface area contributed by atoms with Crippen LogP contribution in [0.5, 0.6) is 0 Å². The van der Waals surface area contributed by atoms with Gasteiger partial charge in [0.1, 0.15) is 5.60 Å². The van der Waals surface area contributed by atoms with Crippen molar-refractivity contribution in [2.24, 2.45) is 22.7 Å². The second-order valence-corrected chi connectivity index (χ2v) is 7.37. The van der Waals surface area contributed by atoms with E-state index in [1.165, 1.54) is 6.08 Å². The molecule has 2 saturated carbocycles. The molecule has 3 aliphatic carbocycles. The molecule has 0 heterocycles. The Hall–Kier alpha value is -0.870. The van der Waals surface area contributed by atoms with Gasteiger partial charge in [0, 0.05) is 11.0 Å². The third-order valence-electron chi connectivity index (χ3n) is 6.04. The lowest BCUT2D eigenvalue weighted by Gasteiger charge is -2.41. The summed E-state index contributed by atoms with van der Waals surface area (Å²) in [4.78, 5) is 11.4. The minimum absolute atomic E-state index is 0.124. The highest BCUT2D eigenvalue weighted by atomic mass is 16.4. The van der Waals surface area contributed by atoms with Crippen LogP contribution in [-0.4, -0.2) is 33.0 Å². The second kappa shape index (κ2) is 3.41. The highest BCUT2D eigenvalue weighted by molar-refractivity contribution is 5.89. The fraction of sp³-hybridized carbons (Fsp3) is 0.800. The highest BCUT2D eigenvalue weighted by Crippen LogP contribution is 2.71. The number of carboxylic acid groups (broad SMARTS) is 1. The van der Waals surface area contributed by atoms with Crippen LogP contribution in [0.4, 0.5) is 0 Å². The fourth-order valence-corrected chi connectivity index (χ4v) is 5.28. The first-order valence-electron chi connectivity index (χ1n) is 7.03. The molecule has 3 rings (SSSR count). The molecule has 106 valence electrons. The molecule has 0 radical (unpaired) electrons. The van der Waals surface area contributed by atoms with Gasteiger partial charge >= 0.3 is 5.97 Å². The van der Waals surface area contributed by atoms with Gasteiger partial charge in [-0.1, -0.05) is 20.8 Å². The van der Waals surface area contributed by atoms with Gasteiger partial charge in [0.2, 0.25) is 0 Å². The zero-order chi connectivity index (χ0) is 14.2. The topological polar surface area (TPSA) is 77.8 Å². The van der Waals surface area contributed by atoms with Crippen LogP contribution in [0.2, 0.25) is 0 Å². The zero-order valence-corrected chi connectivity index (χ0v) is 11.7. The Bertz CT molecular complexity index is 481. The maximum atomic E-state index is 11.4. The Balaban J connectivity index is 2.20. The number of hydrogen-bond acceptors (Lipinski definition) is 3. The van der Waals surface area contributed by atoms with Gasteiger partial charge in [0.05, 0.1) is 6.10 Å². The van der Waals surface area contributed by atoms with Crippen molar-refractivity contribution in [3.8, 4) is 0 Å². The summed E-state index contributed by atoms with van der Waals surface area (Å²) in [7, 11) is 0. The van der Waals surface area contributed by atoms with E-state index in [0.717, 1.165) is 12.8 Å². The van der Waals surface area contributed by atoms with E-state index in [2.05, 4.69) is 6.92 Å². The minimum atomic E-state index is -1.38. The van der Waals surface area contributed by atoms with Gasteiger partial charge in [-0.25, -0.2) is 4.79 Å². The van der Waals surface area contributed by atoms with Crippen LogP contribution in [0.15, 0.2) is 11.6 Å². The molecule has 0 aromatic rings. The van der Waals surface area contributed by atoms with Crippen LogP contribution in [-0.2, 0) is 4.79 Å². The summed E-state index contributed by atoms with van der Waals surface area (Å²) in [6, 6.07) is 0. The van der Waals surface area contributed by atoms with Crippen molar-refractivity contribution < 1.29 is 20.1 Å². The summed E-state index contributed by atoms with van der Waals surface area (Å²) in [5, 5.41) is 31.0. The summed E-state index contributed by atoms with van der Waals surface area (Å²) in [5.74, 6) is -0.847. The van der Waals surface area contributed by atoms with Gasteiger partial charge in [0.25, 0.3) is 0 Å². The predicted octanol–water partition coefficient (Wildman–Crippen LogP) is 1.57. The minimum Gasteiger partial charge on any atom is -0.478 e. The molecular weight excluding hydrogens is 244 g/mol. The number of aliphatic hydroxyl groups is 2. The van der Waals surface area contributed by atoms with Gasteiger partial charge in [-0.15, -0.1) is 0 Å². The van der Waals surface area contributed by atoms with Crippen LogP contribution in [0.25, 0.3) is 0 Å². The monoisotopic (exact) mass is 266 g/mol. The lowest BCUT2D eigenvalue weighted by molar-refractivity contribution is -0.133. The lowest BCUT2D eigenvalue weighted by Crippen LogP contribution is -2.51. The number of aliphatic carboxylic acids is 1. The first kappa shape index (κ1) is 13.1. The number of aliphatic hydroxyl groups excluding tert-OH is 1.